The molecular formula is C28H34N2O4. The number of carbonyl (C=O) groups is 3. The first kappa shape index (κ1) is 25.2. The van der Waals surface area contributed by atoms with Crippen molar-refractivity contribution >= 4 is 28.6 Å². The van der Waals surface area contributed by atoms with Crippen molar-refractivity contribution in [3.8, 4) is 0 Å². The highest BCUT2D eigenvalue weighted by Crippen LogP contribution is 2.25. The Morgan fingerprint density at radius 1 is 0.941 bits per heavy atom. The molecule has 2 N–H and O–H groups in total. The van der Waals surface area contributed by atoms with E-state index in [-0.39, 0.29) is 23.0 Å². The first-order valence-electron chi connectivity index (χ1n) is 11.6. The molecule has 3 aromatic rings. The van der Waals surface area contributed by atoms with Crippen LogP contribution in [0.3, 0.4) is 0 Å². The average Bonchev–Trinajstić information content (AvgIpc) is 3.11. The lowest BCUT2D eigenvalue weighted by Crippen LogP contribution is -2.46. The van der Waals surface area contributed by atoms with Gasteiger partial charge in [-0.1, -0.05) is 65.0 Å². The van der Waals surface area contributed by atoms with E-state index >= 15 is 0 Å². The highest BCUT2D eigenvalue weighted by Gasteiger charge is 2.31. The van der Waals surface area contributed by atoms with Gasteiger partial charge < -0.3 is 15.0 Å². The summed E-state index contributed by atoms with van der Waals surface area (Å²) >= 11 is 0. The Balaban J connectivity index is 1.72. The number of H-pyrrole nitrogens is 1. The van der Waals surface area contributed by atoms with E-state index in [1.54, 1.807) is 19.1 Å². The minimum absolute atomic E-state index is 0.0227. The van der Waals surface area contributed by atoms with Crippen LogP contribution in [-0.2, 0) is 14.9 Å². The first-order valence-corrected chi connectivity index (χ1v) is 11.6. The maximum Gasteiger partial charge on any atom is 0.329 e. The summed E-state index contributed by atoms with van der Waals surface area (Å²) in [6.45, 7) is 13.3. The van der Waals surface area contributed by atoms with E-state index in [4.69, 9.17) is 4.74 Å². The zero-order valence-electron chi connectivity index (χ0n) is 21.0. The standard InChI is InChI=1S/C28H34N2O4/c1-16(2)24(30-26(32)19-12-14-20(15-13-19)28(5,6)7)27(33)34-18(4)25(31)23-17(3)29-22-11-9-8-10-21(22)23/h8-16,18,24,29H,1-7H3,(H,30,32)/t18?,24-/m0/s1. The number of aromatic nitrogens is 1. The summed E-state index contributed by atoms with van der Waals surface area (Å²) in [5.74, 6) is -1.49. The molecular weight excluding hydrogens is 428 g/mol. The number of ketones is 1. The van der Waals surface area contributed by atoms with Crippen LogP contribution in [-0.4, -0.2) is 34.8 Å². The molecule has 34 heavy (non-hydrogen) atoms. The molecule has 6 nitrogen and oxygen atoms in total. The van der Waals surface area contributed by atoms with Gasteiger partial charge in [-0.05, 0) is 48.9 Å². The van der Waals surface area contributed by atoms with Crippen molar-refractivity contribution in [3.63, 3.8) is 0 Å². The number of Topliss-reactive ketones (excluding diaryl/α,β-unsaturated/α-hetero) is 1. The molecule has 0 aliphatic heterocycles. The van der Waals surface area contributed by atoms with Crippen molar-refractivity contribution in [2.45, 2.75) is 66.0 Å². The SMILES string of the molecule is Cc1[nH]c2ccccc2c1C(=O)C(C)OC(=O)[C@@H](NC(=O)c1ccc(C(C)(C)C)cc1)C(C)C. The van der Waals surface area contributed by atoms with Gasteiger partial charge >= 0.3 is 5.97 Å². The van der Waals surface area contributed by atoms with Gasteiger partial charge in [0.15, 0.2) is 6.10 Å². The van der Waals surface area contributed by atoms with Crippen LogP contribution in [0.2, 0.25) is 0 Å². The number of fused-ring (bicyclic) bond motifs is 1. The molecule has 2 aromatic carbocycles. The molecule has 180 valence electrons. The number of benzene rings is 2. The number of ether oxygens (including phenoxy) is 1. The van der Waals surface area contributed by atoms with Crippen LogP contribution in [0.5, 0.6) is 0 Å². The van der Waals surface area contributed by atoms with Gasteiger partial charge in [0.2, 0.25) is 5.78 Å². The maximum atomic E-state index is 13.1. The molecule has 1 aromatic heterocycles. The van der Waals surface area contributed by atoms with Gasteiger partial charge in [0.05, 0.1) is 0 Å². The predicted octanol–water partition coefficient (Wildman–Crippen LogP) is 5.34. The summed E-state index contributed by atoms with van der Waals surface area (Å²) < 4.78 is 5.55. The van der Waals surface area contributed by atoms with Crippen LogP contribution >= 0.6 is 0 Å². The second-order valence-electron chi connectivity index (χ2n) is 10.1. The van der Waals surface area contributed by atoms with Gasteiger partial charge in [0.1, 0.15) is 6.04 Å². The molecule has 1 heterocycles. The van der Waals surface area contributed by atoms with Gasteiger partial charge in [-0.15, -0.1) is 0 Å². The Morgan fingerprint density at radius 2 is 1.56 bits per heavy atom. The van der Waals surface area contributed by atoms with Crippen LogP contribution in [0.25, 0.3) is 10.9 Å². The van der Waals surface area contributed by atoms with E-state index in [1.807, 2.05) is 57.2 Å². The largest absolute Gasteiger partial charge is 0.453 e. The van der Waals surface area contributed by atoms with Crippen LogP contribution < -0.4 is 5.32 Å². The molecule has 0 aliphatic carbocycles. The van der Waals surface area contributed by atoms with Crippen molar-refractivity contribution in [2.75, 3.05) is 0 Å². The molecule has 0 saturated heterocycles. The third-order valence-electron chi connectivity index (χ3n) is 6.02. The van der Waals surface area contributed by atoms with E-state index in [0.29, 0.717) is 11.1 Å². The van der Waals surface area contributed by atoms with Crippen LogP contribution in [0.4, 0.5) is 0 Å². The lowest BCUT2D eigenvalue weighted by atomic mass is 9.86. The number of rotatable bonds is 7. The molecule has 0 fully saturated rings. The van der Waals surface area contributed by atoms with Gasteiger partial charge in [-0.3, -0.25) is 9.59 Å². The molecule has 0 saturated carbocycles. The second kappa shape index (κ2) is 9.84. The molecule has 0 spiro atoms. The number of hydrogen-bond acceptors (Lipinski definition) is 4. The van der Waals surface area contributed by atoms with Crippen molar-refractivity contribution < 1.29 is 19.1 Å². The van der Waals surface area contributed by atoms with E-state index in [9.17, 15) is 14.4 Å². The third kappa shape index (κ3) is 5.38. The highest BCUT2D eigenvalue weighted by atomic mass is 16.5. The number of hydrogen-bond donors (Lipinski definition) is 2. The summed E-state index contributed by atoms with van der Waals surface area (Å²) in [4.78, 5) is 42.1. The number of nitrogens with one attached hydrogen (secondary N) is 2. The van der Waals surface area contributed by atoms with Crippen LogP contribution in [0, 0.1) is 12.8 Å². The van der Waals surface area contributed by atoms with Gasteiger partial charge in [0.25, 0.3) is 5.91 Å². The normalized spacial score (nSPS) is 13.5. The third-order valence-corrected chi connectivity index (χ3v) is 6.02. The zero-order chi connectivity index (χ0) is 25.2. The molecule has 6 heteroatoms. The van der Waals surface area contributed by atoms with E-state index in [0.717, 1.165) is 22.2 Å². The minimum Gasteiger partial charge on any atom is -0.453 e. The van der Waals surface area contributed by atoms with Crippen LogP contribution in [0.1, 0.15) is 73.5 Å². The smallest absolute Gasteiger partial charge is 0.329 e. The Kier molecular flexibility index (Phi) is 7.29. The zero-order valence-corrected chi connectivity index (χ0v) is 21.0. The molecule has 1 unspecified atom stereocenters. The summed E-state index contributed by atoms with van der Waals surface area (Å²) in [6, 6.07) is 14.0. The Bertz CT molecular complexity index is 1200. The average molecular weight is 463 g/mol. The Morgan fingerprint density at radius 3 is 2.15 bits per heavy atom. The number of aryl methyl sites for hydroxylation is 1. The minimum atomic E-state index is -0.991. The summed E-state index contributed by atoms with van der Waals surface area (Å²) in [5.41, 5.74) is 3.65. The fourth-order valence-corrected chi connectivity index (χ4v) is 3.94. The Hall–Kier alpha value is -3.41. The fourth-order valence-electron chi connectivity index (χ4n) is 3.94. The lowest BCUT2D eigenvalue weighted by Gasteiger charge is -2.23. The fraction of sp³-hybridized carbons (Fsp3) is 0.393. The number of esters is 1. The number of aromatic amines is 1. The highest BCUT2D eigenvalue weighted by molar-refractivity contribution is 6.11. The van der Waals surface area contributed by atoms with Crippen LogP contribution in [0.15, 0.2) is 48.5 Å². The number of carbonyl (C=O) groups excluding carboxylic acids is 3. The molecule has 3 rings (SSSR count). The van der Waals surface area contributed by atoms with E-state index < -0.39 is 18.1 Å². The molecule has 0 aliphatic rings. The summed E-state index contributed by atoms with van der Waals surface area (Å²) in [5, 5.41) is 3.57. The first-order chi connectivity index (χ1) is 15.9. The molecule has 0 radical (unpaired) electrons. The Labute approximate surface area is 201 Å². The lowest BCUT2D eigenvalue weighted by molar-refractivity contribution is -0.149. The molecule has 1 amide bonds. The van der Waals surface area contributed by atoms with Gasteiger partial charge in [-0.25, -0.2) is 4.79 Å². The summed E-state index contributed by atoms with van der Waals surface area (Å²) in [7, 11) is 0. The predicted molar refractivity (Wildman–Crippen MR) is 134 cm³/mol. The second-order valence-corrected chi connectivity index (χ2v) is 10.1. The monoisotopic (exact) mass is 462 g/mol. The van der Waals surface area contributed by atoms with Gasteiger partial charge in [0, 0.05) is 27.7 Å². The number of amides is 1. The maximum absolute atomic E-state index is 13.1. The number of para-hydroxylation sites is 1. The van der Waals surface area contributed by atoms with Crippen molar-refractivity contribution in [1.82, 2.24) is 10.3 Å². The summed E-state index contributed by atoms with van der Waals surface area (Å²) in [6.07, 6.45) is -0.991. The van der Waals surface area contributed by atoms with Gasteiger partial charge in [-0.2, -0.15) is 0 Å². The van der Waals surface area contributed by atoms with Crippen molar-refractivity contribution in [1.29, 1.82) is 0 Å². The van der Waals surface area contributed by atoms with E-state index in [2.05, 4.69) is 31.1 Å². The van der Waals surface area contributed by atoms with E-state index in [1.165, 1.54) is 0 Å². The molecule has 2 atom stereocenters. The van der Waals surface area contributed by atoms with Crippen molar-refractivity contribution in [2.24, 2.45) is 5.92 Å². The topological polar surface area (TPSA) is 88.3 Å². The van der Waals surface area contributed by atoms with Crippen molar-refractivity contribution in [3.05, 3.63) is 70.9 Å². The molecule has 0 bridgehead atoms. The quantitative estimate of drug-likeness (QED) is 0.366.